The van der Waals surface area contributed by atoms with Crippen molar-refractivity contribution in [2.75, 3.05) is 34.9 Å². The Morgan fingerprint density at radius 3 is 1.63 bits per heavy atom. The molecule has 0 atom stereocenters. The summed E-state index contributed by atoms with van der Waals surface area (Å²) >= 11 is 3.98. The molecular weight excluding hydrogens is 597 g/mol. The number of rotatable bonds is 8. The summed E-state index contributed by atoms with van der Waals surface area (Å²) < 4.78 is 12.5. The van der Waals surface area contributed by atoms with Gasteiger partial charge in [0.25, 0.3) is 0 Å². The van der Waals surface area contributed by atoms with Crippen molar-refractivity contribution in [2.45, 2.75) is 34.1 Å². The summed E-state index contributed by atoms with van der Waals surface area (Å²) in [5.74, 6) is 1.94. The Labute approximate surface area is 249 Å². The van der Waals surface area contributed by atoms with Crippen LogP contribution >= 0.6 is 23.9 Å². The van der Waals surface area contributed by atoms with Crippen LogP contribution < -0.4 is 25.4 Å². The Morgan fingerprint density at radius 1 is 0.842 bits per heavy atom. The van der Waals surface area contributed by atoms with Crippen molar-refractivity contribution in [1.29, 1.82) is 0 Å². The van der Waals surface area contributed by atoms with E-state index in [2.05, 4.69) is 99.0 Å². The summed E-state index contributed by atoms with van der Waals surface area (Å²) in [4.78, 5) is 2.23. The molecular formula is C32H39BrFeNO2P. The normalized spacial score (nSPS) is 10.7. The molecule has 0 spiro atoms. The molecule has 4 aromatic rings. The molecule has 0 unspecified atom stereocenters. The molecule has 38 heavy (non-hydrogen) atoms. The number of methoxy groups -OCH3 is 2. The maximum atomic E-state index is 5.65. The molecule has 4 aromatic carbocycles. The van der Waals surface area contributed by atoms with Crippen LogP contribution in [0.15, 0.2) is 71.2 Å². The van der Waals surface area contributed by atoms with E-state index in [4.69, 9.17) is 9.47 Å². The van der Waals surface area contributed by atoms with Gasteiger partial charge in [0.1, 0.15) is 11.5 Å². The average molecular weight is 636 g/mol. The molecule has 0 bridgehead atoms. The van der Waals surface area contributed by atoms with Gasteiger partial charge in [0.05, 0.1) is 14.2 Å². The zero-order chi connectivity index (χ0) is 27.1. The van der Waals surface area contributed by atoms with E-state index in [1.807, 2.05) is 30.3 Å². The van der Waals surface area contributed by atoms with Gasteiger partial charge < -0.3 is 14.4 Å². The summed E-state index contributed by atoms with van der Waals surface area (Å²) in [6, 6.07) is 23.8. The van der Waals surface area contributed by atoms with E-state index >= 15 is 0 Å². The van der Waals surface area contributed by atoms with Gasteiger partial charge in [-0.05, 0) is 105 Å². The van der Waals surface area contributed by atoms with Crippen molar-refractivity contribution < 1.29 is 26.5 Å². The molecule has 6 heteroatoms. The number of aryl methyl sites for hydroxylation is 4. The van der Waals surface area contributed by atoms with Crippen molar-refractivity contribution in [3.05, 3.63) is 99.0 Å². The summed E-state index contributed by atoms with van der Waals surface area (Å²) in [7, 11) is 7.00. The number of nitrogens with zero attached hydrogens (tertiary/aromatic N) is 1. The molecule has 0 heterocycles. The van der Waals surface area contributed by atoms with E-state index in [0.29, 0.717) is 0 Å². The third-order valence-electron chi connectivity index (χ3n) is 6.39. The van der Waals surface area contributed by atoms with Crippen LogP contribution in [0.2, 0.25) is 0 Å². The Hall–Kier alpha value is -1.87. The molecule has 0 amide bonds. The SMILES string of the molecule is COc1c(C)cc(P(c2cc(C)c(OC)c(C)c2)[c-]2ccc(CCN(C)C)c2Br)cc1C.[Fe+2].c1cc[cH-]c1. The van der Waals surface area contributed by atoms with Crippen molar-refractivity contribution in [3.63, 3.8) is 0 Å². The van der Waals surface area contributed by atoms with Gasteiger partial charge in [-0.3, -0.25) is 0 Å². The number of benzene rings is 2. The minimum Gasteiger partial charge on any atom is -0.496 e. The molecule has 0 saturated carbocycles. The van der Waals surface area contributed by atoms with Gasteiger partial charge in [0.2, 0.25) is 0 Å². The summed E-state index contributed by atoms with van der Waals surface area (Å²) in [6.45, 7) is 9.57. The van der Waals surface area contributed by atoms with Crippen molar-refractivity contribution in [3.8, 4) is 11.5 Å². The van der Waals surface area contributed by atoms with Crippen LogP contribution in [0.3, 0.4) is 0 Å². The van der Waals surface area contributed by atoms with Crippen LogP contribution in [-0.4, -0.2) is 39.8 Å². The first-order valence-electron chi connectivity index (χ1n) is 12.5. The number of halogens is 1. The molecule has 0 saturated heterocycles. The van der Waals surface area contributed by atoms with Crippen LogP contribution in [0.5, 0.6) is 11.5 Å². The first-order chi connectivity index (χ1) is 17.7. The standard InChI is InChI=1S/C27H34BrNO2P.C5H5.Fe/c1-17-13-22(14-18(2)26(17)30-7)32(23-15-19(3)27(31-8)20(4)16-23)24-10-9-21(25(24)28)11-12-29(5)6;1-2-4-5-3-1;/h9-10,13-16H,11-12H2,1-8H3;1-5H;/q2*-1;+2. The van der Waals surface area contributed by atoms with Crippen LogP contribution in [0.1, 0.15) is 27.8 Å². The van der Waals surface area contributed by atoms with E-state index in [1.54, 1.807) is 14.2 Å². The first-order valence-corrected chi connectivity index (χ1v) is 14.7. The molecule has 0 radical (unpaired) electrons. The fourth-order valence-electron chi connectivity index (χ4n) is 4.71. The molecule has 0 aromatic heterocycles. The zero-order valence-corrected chi connectivity index (χ0v) is 27.3. The quantitative estimate of drug-likeness (QED) is 0.122. The number of likely N-dealkylation sites (N-methyl/N-ethyl adjacent to an activating group) is 1. The minimum atomic E-state index is -0.743. The zero-order valence-electron chi connectivity index (χ0n) is 23.7. The molecule has 0 aliphatic carbocycles. The second-order valence-electron chi connectivity index (χ2n) is 9.63. The van der Waals surface area contributed by atoms with Gasteiger partial charge in [-0.1, -0.05) is 34.7 Å². The number of hydrogen-bond acceptors (Lipinski definition) is 3. The Bertz CT molecular complexity index is 1170. The van der Waals surface area contributed by atoms with Crippen LogP contribution in [-0.2, 0) is 23.5 Å². The maximum absolute atomic E-state index is 5.65. The van der Waals surface area contributed by atoms with Crippen LogP contribution in [0, 0.1) is 27.7 Å². The second kappa shape index (κ2) is 15.1. The van der Waals surface area contributed by atoms with E-state index in [-0.39, 0.29) is 17.1 Å². The Balaban J connectivity index is 0.000000756. The third kappa shape index (κ3) is 7.84. The van der Waals surface area contributed by atoms with Crippen molar-refractivity contribution in [1.82, 2.24) is 4.90 Å². The van der Waals surface area contributed by atoms with E-state index in [9.17, 15) is 0 Å². The van der Waals surface area contributed by atoms with Gasteiger partial charge in [-0.15, -0.1) is 5.30 Å². The monoisotopic (exact) mass is 635 g/mol. The number of hydrogen-bond donors (Lipinski definition) is 0. The van der Waals surface area contributed by atoms with Gasteiger partial charge in [0, 0.05) is 0 Å². The fourth-order valence-corrected chi connectivity index (χ4v) is 8.41. The molecule has 0 aliphatic rings. The molecule has 204 valence electrons. The number of ether oxygens (including phenoxy) is 2. The van der Waals surface area contributed by atoms with Crippen molar-refractivity contribution in [2.24, 2.45) is 0 Å². The van der Waals surface area contributed by atoms with E-state index in [1.165, 1.54) is 48.2 Å². The average Bonchev–Trinajstić information content (AvgIpc) is 3.52. The van der Waals surface area contributed by atoms with Gasteiger partial charge >= 0.3 is 17.1 Å². The van der Waals surface area contributed by atoms with Crippen LogP contribution in [0.25, 0.3) is 0 Å². The molecule has 0 fully saturated rings. The third-order valence-corrected chi connectivity index (χ3v) is 10.0. The van der Waals surface area contributed by atoms with Crippen molar-refractivity contribution >= 4 is 39.8 Å². The van der Waals surface area contributed by atoms with E-state index in [0.717, 1.165) is 24.5 Å². The predicted molar refractivity (Wildman–Crippen MR) is 165 cm³/mol. The largest absolute Gasteiger partial charge is 2.00 e. The van der Waals surface area contributed by atoms with E-state index < -0.39 is 7.92 Å². The fraction of sp³-hybridized carbons (Fsp3) is 0.312. The first kappa shape index (κ1) is 32.3. The summed E-state index contributed by atoms with van der Waals surface area (Å²) in [5, 5.41) is 4.04. The van der Waals surface area contributed by atoms with Gasteiger partial charge in [-0.2, -0.15) is 29.8 Å². The maximum Gasteiger partial charge on any atom is 2.00 e. The molecule has 0 N–H and O–H groups in total. The summed E-state index contributed by atoms with van der Waals surface area (Å²) in [6.07, 6.45) is 1.03. The predicted octanol–water partition coefficient (Wildman–Crippen LogP) is 6.68. The minimum absolute atomic E-state index is 0. The smallest absolute Gasteiger partial charge is 0.496 e. The summed E-state index contributed by atoms with van der Waals surface area (Å²) in [5.41, 5.74) is 6.06. The van der Waals surface area contributed by atoms with Crippen LogP contribution in [0.4, 0.5) is 0 Å². The molecule has 0 aliphatic heterocycles. The Morgan fingerprint density at radius 2 is 1.29 bits per heavy atom. The second-order valence-corrected chi connectivity index (χ2v) is 12.6. The Kier molecular flexibility index (Phi) is 12.8. The molecule has 3 nitrogen and oxygen atoms in total. The molecule has 4 rings (SSSR count). The van der Waals surface area contributed by atoms with Gasteiger partial charge in [-0.25, -0.2) is 18.2 Å². The topological polar surface area (TPSA) is 21.7 Å². The van der Waals surface area contributed by atoms with Gasteiger partial charge in [0.15, 0.2) is 0 Å².